The summed E-state index contributed by atoms with van der Waals surface area (Å²) in [7, 11) is 0. The van der Waals surface area contributed by atoms with E-state index in [4.69, 9.17) is 4.74 Å². The summed E-state index contributed by atoms with van der Waals surface area (Å²) in [6.07, 6.45) is 5.47. The molecule has 1 heterocycles. The zero-order valence-corrected chi connectivity index (χ0v) is 8.26. The SMILES string of the molecule is ICC12CCCC(CO1)C2. The first-order valence-corrected chi connectivity index (χ1v) is 5.57. The van der Waals surface area contributed by atoms with Crippen LogP contribution in [0.15, 0.2) is 0 Å². The van der Waals surface area contributed by atoms with E-state index in [1.165, 1.54) is 30.1 Å². The molecule has 2 heteroatoms. The van der Waals surface area contributed by atoms with E-state index in [0.29, 0.717) is 5.60 Å². The molecule has 0 N–H and O–H groups in total. The van der Waals surface area contributed by atoms with Gasteiger partial charge in [0.1, 0.15) is 0 Å². The van der Waals surface area contributed by atoms with E-state index in [2.05, 4.69) is 22.6 Å². The molecule has 1 aliphatic heterocycles. The molecule has 2 atom stereocenters. The molecule has 0 radical (unpaired) electrons. The Morgan fingerprint density at radius 3 is 3.20 bits per heavy atom. The van der Waals surface area contributed by atoms with Gasteiger partial charge in [0.05, 0.1) is 12.2 Å². The van der Waals surface area contributed by atoms with Crippen molar-refractivity contribution in [3.63, 3.8) is 0 Å². The lowest BCUT2D eigenvalue weighted by Gasteiger charge is -2.29. The van der Waals surface area contributed by atoms with Gasteiger partial charge in [-0.2, -0.15) is 0 Å². The first-order chi connectivity index (χ1) is 4.85. The number of fused-ring (bicyclic) bond motifs is 2. The minimum atomic E-state index is 0.323. The van der Waals surface area contributed by atoms with Gasteiger partial charge in [0.2, 0.25) is 0 Å². The molecule has 2 fully saturated rings. The highest BCUT2D eigenvalue weighted by molar-refractivity contribution is 14.1. The number of hydrogen-bond donors (Lipinski definition) is 0. The van der Waals surface area contributed by atoms with E-state index in [-0.39, 0.29) is 0 Å². The quantitative estimate of drug-likeness (QED) is 0.514. The summed E-state index contributed by atoms with van der Waals surface area (Å²) >= 11 is 2.46. The number of rotatable bonds is 1. The maximum absolute atomic E-state index is 5.81. The molecule has 1 saturated carbocycles. The second kappa shape index (κ2) is 2.63. The van der Waals surface area contributed by atoms with Crippen molar-refractivity contribution >= 4 is 22.6 Å². The van der Waals surface area contributed by atoms with Crippen LogP contribution in [0.3, 0.4) is 0 Å². The largest absolute Gasteiger partial charge is 0.374 e. The summed E-state index contributed by atoms with van der Waals surface area (Å²) in [5.74, 6) is 0.906. The van der Waals surface area contributed by atoms with Gasteiger partial charge in [0.15, 0.2) is 0 Å². The number of halogens is 1. The topological polar surface area (TPSA) is 9.23 Å². The van der Waals surface area contributed by atoms with Crippen LogP contribution in [0, 0.1) is 5.92 Å². The predicted octanol–water partition coefficient (Wildman–Crippen LogP) is 2.38. The monoisotopic (exact) mass is 252 g/mol. The van der Waals surface area contributed by atoms with Crippen LogP contribution in [0.1, 0.15) is 25.7 Å². The third-order valence-electron chi connectivity index (χ3n) is 2.77. The lowest BCUT2D eigenvalue weighted by atomic mass is 9.82. The van der Waals surface area contributed by atoms with Crippen LogP contribution in [0.4, 0.5) is 0 Å². The van der Waals surface area contributed by atoms with E-state index < -0.39 is 0 Å². The van der Waals surface area contributed by atoms with Crippen molar-refractivity contribution in [2.45, 2.75) is 31.3 Å². The summed E-state index contributed by atoms with van der Waals surface area (Å²) in [6, 6.07) is 0. The molecular weight excluding hydrogens is 239 g/mol. The van der Waals surface area contributed by atoms with Crippen LogP contribution in [0.2, 0.25) is 0 Å². The Morgan fingerprint density at radius 1 is 1.60 bits per heavy atom. The third-order valence-corrected chi connectivity index (χ3v) is 4.16. The molecule has 58 valence electrons. The van der Waals surface area contributed by atoms with Gasteiger partial charge < -0.3 is 4.74 Å². The molecule has 0 aromatic heterocycles. The Morgan fingerprint density at radius 2 is 2.50 bits per heavy atom. The van der Waals surface area contributed by atoms with Gasteiger partial charge in [-0.3, -0.25) is 0 Å². The molecule has 2 rings (SSSR count). The van der Waals surface area contributed by atoms with E-state index >= 15 is 0 Å². The molecule has 1 aliphatic carbocycles. The normalized spacial score (nSPS) is 45.9. The van der Waals surface area contributed by atoms with Crippen LogP contribution in [0.5, 0.6) is 0 Å². The lowest BCUT2D eigenvalue weighted by Crippen LogP contribution is -2.31. The molecule has 2 unspecified atom stereocenters. The maximum Gasteiger partial charge on any atom is 0.0775 e. The van der Waals surface area contributed by atoms with Crippen LogP contribution >= 0.6 is 22.6 Å². The van der Waals surface area contributed by atoms with Crippen molar-refractivity contribution in [3.8, 4) is 0 Å². The van der Waals surface area contributed by atoms with Gasteiger partial charge in [0.25, 0.3) is 0 Å². The van der Waals surface area contributed by atoms with Gasteiger partial charge in [-0.25, -0.2) is 0 Å². The van der Waals surface area contributed by atoms with E-state index in [1.807, 2.05) is 0 Å². The van der Waals surface area contributed by atoms with Crippen molar-refractivity contribution < 1.29 is 4.74 Å². The minimum absolute atomic E-state index is 0.323. The zero-order chi connectivity index (χ0) is 7.03. The van der Waals surface area contributed by atoms with Crippen molar-refractivity contribution in [3.05, 3.63) is 0 Å². The van der Waals surface area contributed by atoms with Crippen LogP contribution in [0.25, 0.3) is 0 Å². The fourth-order valence-corrected chi connectivity index (χ4v) is 3.08. The van der Waals surface area contributed by atoms with Crippen molar-refractivity contribution in [2.24, 2.45) is 5.92 Å². The Balaban J connectivity index is 2.10. The number of alkyl halides is 1. The summed E-state index contributed by atoms with van der Waals surface area (Å²) in [5, 5.41) is 0. The molecular formula is C8H13IO. The third kappa shape index (κ3) is 1.09. The Kier molecular flexibility index (Phi) is 1.93. The van der Waals surface area contributed by atoms with E-state index in [9.17, 15) is 0 Å². The highest BCUT2D eigenvalue weighted by atomic mass is 127. The molecule has 0 aromatic carbocycles. The van der Waals surface area contributed by atoms with Gasteiger partial charge in [-0.15, -0.1) is 0 Å². The first-order valence-electron chi connectivity index (χ1n) is 4.05. The molecule has 1 saturated heterocycles. The van der Waals surface area contributed by atoms with Crippen LogP contribution in [-0.4, -0.2) is 16.6 Å². The average molecular weight is 252 g/mol. The van der Waals surface area contributed by atoms with Crippen molar-refractivity contribution in [1.82, 2.24) is 0 Å². The average Bonchev–Trinajstić information content (AvgIpc) is 2.29. The molecule has 0 aromatic rings. The summed E-state index contributed by atoms with van der Waals surface area (Å²) in [5.41, 5.74) is 0.323. The lowest BCUT2D eigenvalue weighted by molar-refractivity contribution is 0.0216. The van der Waals surface area contributed by atoms with Gasteiger partial charge in [0, 0.05) is 4.43 Å². The second-order valence-corrected chi connectivity index (χ2v) is 4.35. The van der Waals surface area contributed by atoms with Crippen LogP contribution < -0.4 is 0 Å². The molecule has 2 aliphatic rings. The van der Waals surface area contributed by atoms with Gasteiger partial charge in [-0.1, -0.05) is 29.0 Å². The first kappa shape index (κ1) is 7.35. The summed E-state index contributed by atoms with van der Waals surface area (Å²) < 4.78 is 7.00. The molecule has 0 amide bonds. The van der Waals surface area contributed by atoms with Crippen molar-refractivity contribution in [1.29, 1.82) is 0 Å². The van der Waals surface area contributed by atoms with E-state index in [0.717, 1.165) is 12.5 Å². The minimum Gasteiger partial charge on any atom is -0.374 e. The Labute approximate surface area is 75.7 Å². The highest BCUT2D eigenvalue weighted by Crippen LogP contribution is 2.42. The molecule has 10 heavy (non-hydrogen) atoms. The number of hydrogen-bond acceptors (Lipinski definition) is 1. The molecule has 2 bridgehead atoms. The Hall–Kier alpha value is 0.690. The maximum atomic E-state index is 5.81. The molecule has 0 spiro atoms. The smallest absolute Gasteiger partial charge is 0.0775 e. The Bertz CT molecular complexity index is 133. The fraction of sp³-hybridized carbons (Fsp3) is 1.00. The fourth-order valence-electron chi connectivity index (χ4n) is 2.17. The highest BCUT2D eigenvalue weighted by Gasteiger charge is 2.42. The zero-order valence-electron chi connectivity index (χ0n) is 6.11. The molecule has 1 nitrogen and oxygen atoms in total. The van der Waals surface area contributed by atoms with Crippen LogP contribution in [-0.2, 0) is 4.74 Å². The van der Waals surface area contributed by atoms with Crippen molar-refractivity contribution in [2.75, 3.05) is 11.0 Å². The second-order valence-electron chi connectivity index (χ2n) is 3.59. The number of ether oxygens (including phenoxy) is 1. The van der Waals surface area contributed by atoms with Gasteiger partial charge in [-0.05, 0) is 25.2 Å². The predicted molar refractivity (Wildman–Crippen MR) is 49.5 cm³/mol. The standard InChI is InChI=1S/C8H13IO/c9-6-8-3-1-2-7(4-8)5-10-8/h7H,1-6H2. The van der Waals surface area contributed by atoms with E-state index in [1.54, 1.807) is 0 Å². The summed E-state index contributed by atoms with van der Waals surface area (Å²) in [6.45, 7) is 1.04. The van der Waals surface area contributed by atoms with Gasteiger partial charge >= 0.3 is 0 Å². The summed E-state index contributed by atoms with van der Waals surface area (Å²) in [4.78, 5) is 0.